The number of fused-ring (bicyclic) bond motifs is 3. The van der Waals surface area contributed by atoms with Crippen molar-refractivity contribution < 1.29 is 0 Å². The van der Waals surface area contributed by atoms with Gasteiger partial charge in [0.1, 0.15) is 0 Å². The third-order valence-corrected chi connectivity index (χ3v) is 5.38. The molecule has 3 aromatic heterocycles. The Morgan fingerprint density at radius 2 is 1.80 bits per heavy atom. The van der Waals surface area contributed by atoms with Crippen LogP contribution in [0.2, 0.25) is 0 Å². The van der Waals surface area contributed by atoms with Crippen molar-refractivity contribution in [1.29, 1.82) is 0 Å². The second-order valence-corrected chi connectivity index (χ2v) is 6.89. The molecule has 8 nitrogen and oxygen atoms in total. The highest BCUT2D eigenvalue weighted by Gasteiger charge is 2.35. The van der Waals surface area contributed by atoms with E-state index < -0.39 is 11.2 Å². The summed E-state index contributed by atoms with van der Waals surface area (Å²) < 4.78 is 3.54. The first kappa shape index (κ1) is 14.6. The molecule has 2 aliphatic rings. The molecule has 5 rings (SSSR count). The van der Waals surface area contributed by atoms with E-state index in [0.717, 1.165) is 12.8 Å². The molecule has 25 heavy (non-hydrogen) atoms. The van der Waals surface area contributed by atoms with Gasteiger partial charge in [0.15, 0.2) is 11.2 Å². The van der Waals surface area contributed by atoms with Crippen molar-refractivity contribution in [2.75, 3.05) is 0 Å². The van der Waals surface area contributed by atoms with Crippen LogP contribution in [0.25, 0.3) is 16.9 Å². The molecule has 2 unspecified atom stereocenters. The smallest absolute Gasteiger partial charge is 0.313 e. The molecule has 2 fully saturated rings. The first-order valence-electron chi connectivity index (χ1n) is 8.59. The van der Waals surface area contributed by atoms with Crippen LogP contribution in [-0.4, -0.2) is 36.2 Å². The molecule has 2 atom stereocenters. The fourth-order valence-electron chi connectivity index (χ4n) is 4.30. The summed E-state index contributed by atoms with van der Waals surface area (Å²) in [5.74, 6) is 0. The lowest BCUT2D eigenvalue weighted by molar-refractivity contribution is 0.302. The van der Waals surface area contributed by atoms with Gasteiger partial charge in [0.25, 0.3) is 5.56 Å². The monoisotopic (exact) mass is 338 g/mol. The number of nitrogens with zero attached hydrogens (tertiary/aromatic N) is 4. The van der Waals surface area contributed by atoms with E-state index in [-0.39, 0.29) is 6.04 Å². The fraction of sp³-hybridized carbons (Fsp3) is 0.412. The topological polar surface area (TPSA) is 97.6 Å². The summed E-state index contributed by atoms with van der Waals surface area (Å²) in [6.45, 7) is 0. The number of aromatic nitrogens is 5. The van der Waals surface area contributed by atoms with Crippen LogP contribution in [0.15, 0.2) is 40.4 Å². The van der Waals surface area contributed by atoms with Gasteiger partial charge < -0.3 is 9.88 Å². The maximum Gasteiger partial charge on any atom is 0.334 e. The van der Waals surface area contributed by atoms with Crippen LogP contribution in [0.5, 0.6) is 0 Å². The van der Waals surface area contributed by atoms with Crippen molar-refractivity contribution in [2.24, 2.45) is 0 Å². The van der Waals surface area contributed by atoms with Crippen molar-refractivity contribution >= 4 is 11.2 Å². The summed E-state index contributed by atoms with van der Waals surface area (Å²) >= 11 is 0. The van der Waals surface area contributed by atoms with E-state index in [1.807, 2.05) is 4.57 Å². The van der Waals surface area contributed by atoms with Crippen LogP contribution in [0.1, 0.15) is 31.7 Å². The second kappa shape index (κ2) is 5.38. The lowest BCUT2D eigenvalue weighted by atomic mass is 10.00. The van der Waals surface area contributed by atoms with E-state index in [9.17, 15) is 9.59 Å². The Labute approximate surface area is 142 Å². The summed E-state index contributed by atoms with van der Waals surface area (Å²) in [5, 5.41) is 3.62. The van der Waals surface area contributed by atoms with Crippen molar-refractivity contribution in [2.45, 2.75) is 43.8 Å². The number of hydrogen-bond donors (Lipinski definition) is 2. The molecule has 2 bridgehead atoms. The Balaban J connectivity index is 1.76. The number of rotatable bonds is 2. The average molecular weight is 338 g/mol. The van der Waals surface area contributed by atoms with Gasteiger partial charge in [0, 0.05) is 30.5 Å². The molecule has 3 aromatic rings. The van der Waals surface area contributed by atoms with Crippen molar-refractivity contribution in [3.05, 3.63) is 51.7 Å². The molecule has 0 spiro atoms. The zero-order valence-corrected chi connectivity index (χ0v) is 13.6. The number of hydrogen-bond acceptors (Lipinski definition) is 5. The SMILES string of the molecule is O=c1[nH]c(=O)n(-c2ccncc2)c2c1ncn2C1CC2CCC(C1)N2. The highest BCUT2D eigenvalue weighted by Crippen LogP contribution is 2.35. The Bertz CT molecular complexity index is 1040. The van der Waals surface area contributed by atoms with Gasteiger partial charge in [-0.05, 0) is 37.8 Å². The predicted octanol–water partition coefficient (Wildman–Crippen LogP) is 0.726. The standard InChI is InChI=1S/C17H18N6O2/c24-15-14-16(23(17(25)21-15)12-3-5-18-6-4-12)22(9-19-14)13-7-10-1-2-11(8-13)20-10/h3-6,9-11,13,20H,1-2,7-8H2,(H,21,24,25). The predicted molar refractivity (Wildman–Crippen MR) is 92.0 cm³/mol. The average Bonchev–Trinajstić information content (AvgIpc) is 3.19. The third kappa shape index (κ3) is 2.25. The minimum absolute atomic E-state index is 0.234. The molecule has 5 heterocycles. The molecule has 0 amide bonds. The molecular formula is C17H18N6O2. The molecule has 2 saturated heterocycles. The van der Waals surface area contributed by atoms with Crippen LogP contribution >= 0.6 is 0 Å². The van der Waals surface area contributed by atoms with Crippen LogP contribution in [0.3, 0.4) is 0 Å². The minimum atomic E-state index is -0.456. The zero-order chi connectivity index (χ0) is 17.0. The zero-order valence-electron chi connectivity index (χ0n) is 13.6. The molecule has 0 aliphatic carbocycles. The van der Waals surface area contributed by atoms with Crippen molar-refractivity contribution in [3.63, 3.8) is 0 Å². The number of pyridine rings is 1. The highest BCUT2D eigenvalue weighted by atomic mass is 16.2. The molecule has 2 aliphatic heterocycles. The summed E-state index contributed by atoms with van der Waals surface area (Å²) in [6, 6.07) is 4.75. The third-order valence-electron chi connectivity index (χ3n) is 5.38. The van der Waals surface area contributed by atoms with Crippen LogP contribution < -0.4 is 16.6 Å². The van der Waals surface area contributed by atoms with E-state index in [4.69, 9.17) is 0 Å². The van der Waals surface area contributed by atoms with Crippen LogP contribution in [-0.2, 0) is 0 Å². The minimum Gasteiger partial charge on any atom is -0.313 e. The number of H-pyrrole nitrogens is 1. The maximum atomic E-state index is 12.6. The highest BCUT2D eigenvalue weighted by molar-refractivity contribution is 5.72. The van der Waals surface area contributed by atoms with Gasteiger partial charge in [-0.2, -0.15) is 0 Å². The molecule has 2 N–H and O–H groups in total. The van der Waals surface area contributed by atoms with Gasteiger partial charge in [-0.25, -0.2) is 14.3 Å². The summed E-state index contributed by atoms with van der Waals surface area (Å²) in [6.07, 6.45) is 9.30. The number of nitrogens with one attached hydrogen (secondary N) is 2. The largest absolute Gasteiger partial charge is 0.334 e. The Morgan fingerprint density at radius 1 is 1.08 bits per heavy atom. The fourth-order valence-corrected chi connectivity index (χ4v) is 4.30. The maximum absolute atomic E-state index is 12.6. The van der Waals surface area contributed by atoms with E-state index in [1.54, 1.807) is 30.9 Å². The normalized spacial score (nSPS) is 25.5. The lowest BCUT2D eigenvalue weighted by Gasteiger charge is -2.30. The summed E-state index contributed by atoms with van der Waals surface area (Å²) in [4.78, 5) is 35.5. The van der Waals surface area contributed by atoms with Gasteiger partial charge in [0.05, 0.1) is 12.0 Å². The van der Waals surface area contributed by atoms with E-state index >= 15 is 0 Å². The van der Waals surface area contributed by atoms with E-state index in [2.05, 4.69) is 20.3 Å². The molecule has 128 valence electrons. The van der Waals surface area contributed by atoms with Gasteiger partial charge in [-0.1, -0.05) is 0 Å². The lowest BCUT2D eigenvalue weighted by Crippen LogP contribution is -2.39. The first-order chi connectivity index (χ1) is 12.2. The molecule has 0 radical (unpaired) electrons. The van der Waals surface area contributed by atoms with E-state index in [0.29, 0.717) is 28.9 Å². The number of imidazole rings is 1. The van der Waals surface area contributed by atoms with Gasteiger partial charge >= 0.3 is 5.69 Å². The second-order valence-electron chi connectivity index (χ2n) is 6.89. The summed E-state index contributed by atoms with van der Waals surface area (Å²) in [7, 11) is 0. The van der Waals surface area contributed by atoms with E-state index in [1.165, 1.54) is 17.4 Å². The van der Waals surface area contributed by atoms with Crippen molar-refractivity contribution in [1.82, 2.24) is 29.4 Å². The Hall–Kier alpha value is -2.74. The molecule has 8 heteroatoms. The Kier molecular flexibility index (Phi) is 3.14. The van der Waals surface area contributed by atoms with Crippen LogP contribution in [0, 0.1) is 0 Å². The van der Waals surface area contributed by atoms with Crippen LogP contribution in [0.4, 0.5) is 0 Å². The number of piperidine rings is 1. The molecule has 0 aromatic carbocycles. The number of aromatic amines is 1. The van der Waals surface area contributed by atoms with Gasteiger partial charge in [0.2, 0.25) is 0 Å². The summed E-state index contributed by atoms with van der Waals surface area (Å²) in [5.41, 5.74) is 0.622. The molecular weight excluding hydrogens is 320 g/mol. The van der Waals surface area contributed by atoms with Gasteiger partial charge in [-0.3, -0.25) is 14.8 Å². The first-order valence-corrected chi connectivity index (χ1v) is 8.59. The van der Waals surface area contributed by atoms with Gasteiger partial charge in [-0.15, -0.1) is 0 Å². The molecule has 0 saturated carbocycles. The Morgan fingerprint density at radius 3 is 2.52 bits per heavy atom. The van der Waals surface area contributed by atoms with Crippen molar-refractivity contribution in [3.8, 4) is 5.69 Å². The quantitative estimate of drug-likeness (QED) is 0.718.